The highest BCUT2D eigenvalue weighted by Gasteiger charge is 2.22. The fourth-order valence-electron chi connectivity index (χ4n) is 8.69. The number of hydrogen-bond donors (Lipinski definition) is 0. The number of rotatable bonds is 56. The predicted molar refractivity (Wildman–Crippen MR) is 301 cm³/mol. The first kappa shape index (κ1) is 69.2. The van der Waals surface area contributed by atoms with Crippen molar-refractivity contribution in [3.05, 3.63) is 36.5 Å². The molecule has 9 nitrogen and oxygen atoms in total. The Labute approximate surface area is 440 Å². The summed E-state index contributed by atoms with van der Waals surface area (Å²) in [6.45, 7) is 4.18. The third kappa shape index (κ3) is 57.4. The van der Waals surface area contributed by atoms with Gasteiger partial charge in [0.25, 0.3) is 7.82 Å². The van der Waals surface area contributed by atoms with Gasteiger partial charge in [0, 0.05) is 12.8 Å². The van der Waals surface area contributed by atoms with Gasteiger partial charge in [-0.2, -0.15) is 0 Å². The van der Waals surface area contributed by atoms with Gasteiger partial charge in [-0.1, -0.05) is 249 Å². The van der Waals surface area contributed by atoms with Crippen molar-refractivity contribution in [1.29, 1.82) is 0 Å². The van der Waals surface area contributed by atoms with Crippen molar-refractivity contribution in [2.24, 2.45) is 0 Å². The molecule has 0 aliphatic carbocycles. The van der Waals surface area contributed by atoms with Gasteiger partial charge in [0.05, 0.1) is 27.7 Å². The number of nitrogens with zero attached hydrogens (tertiary/aromatic N) is 1. The molecule has 0 N–H and O–H groups in total. The second kappa shape index (κ2) is 53.1. The van der Waals surface area contributed by atoms with Crippen molar-refractivity contribution >= 4 is 19.8 Å². The average molecular weight is 1020 g/mol. The summed E-state index contributed by atoms with van der Waals surface area (Å²) < 4.78 is 34.0. The van der Waals surface area contributed by atoms with Crippen LogP contribution < -0.4 is 4.89 Å². The number of esters is 2. The molecule has 0 aliphatic heterocycles. The summed E-state index contributed by atoms with van der Waals surface area (Å²) in [4.78, 5) is 37.7. The predicted octanol–water partition coefficient (Wildman–Crippen LogP) is 18.1. The minimum Gasteiger partial charge on any atom is -0.756 e. The average Bonchev–Trinajstić information content (AvgIpc) is 3.33. The van der Waals surface area contributed by atoms with Crippen LogP contribution in [0.4, 0.5) is 0 Å². The van der Waals surface area contributed by atoms with Gasteiger partial charge in [0.15, 0.2) is 6.10 Å². The molecule has 2 unspecified atom stereocenters. The molecule has 0 aromatic rings. The molecule has 0 heterocycles. The van der Waals surface area contributed by atoms with E-state index in [2.05, 4.69) is 50.3 Å². The SMILES string of the molecule is CCC/C=C\CCCCCCCC(=O)OCC(COP(=O)([O-])OCC[N+](C)(C)C)OC(=O)CCCCCCCCCCCCCCCCCCCCCCCCCCC/C=C\C/C=C\CCCCCCC. The van der Waals surface area contributed by atoms with E-state index in [0.29, 0.717) is 17.4 Å². The van der Waals surface area contributed by atoms with Crippen LogP contribution in [0.3, 0.4) is 0 Å². The maximum Gasteiger partial charge on any atom is 0.306 e. The lowest BCUT2D eigenvalue weighted by molar-refractivity contribution is -0.870. The standard InChI is InChI=1S/C61H116NO8P/c1-6-8-10-12-14-16-18-19-20-21-22-23-24-25-26-27-28-29-30-31-32-33-34-35-36-37-38-39-40-41-42-43-44-46-48-50-52-54-61(64)70-59(58-69-71(65,66)68-56-55-62(3,4)5)57-67-60(63)53-51-49-47-45-17-15-13-11-9-7-2/h11,13,18-19,21-22,59H,6-10,12,14-17,20,23-58H2,1-5H3/b13-11-,19-18-,22-21-. The third-order valence-electron chi connectivity index (χ3n) is 13.4. The van der Waals surface area contributed by atoms with Crippen LogP contribution in [0.5, 0.6) is 0 Å². The number of hydrogen-bond acceptors (Lipinski definition) is 8. The fraction of sp³-hybridized carbons (Fsp3) is 0.869. The summed E-state index contributed by atoms with van der Waals surface area (Å²) in [7, 11) is 1.17. The lowest BCUT2D eigenvalue weighted by Gasteiger charge is -2.28. The molecule has 0 rings (SSSR count). The molecule has 0 saturated heterocycles. The fourth-order valence-corrected chi connectivity index (χ4v) is 9.42. The Morgan fingerprint density at radius 1 is 0.437 bits per heavy atom. The smallest absolute Gasteiger partial charge is 0.306 e. The second-order valence-electron chi connectivity index (χ2n) is 21.7. The number of carbonyl (C=O) groups excluding carboxylic acids is 2. The van der Waals surface area contributed by atoms with E-state index in [4.69, 9.17) is 18.5 Å². The molecule has 0 aliphatic rings. The first-order valence-corrected chi connectivity index (χ1v) is 31.7. The van der Waals surface area contributed by atoms with E-state index >= 15 is 0 Å². The Balaban J connectivity index is 3.85. The Hall–Kier alpha value is -1.77. The number of phosphoric acid groups is 1. The number of phosphoric ester groups is 1. The van der Waals surface area contributed by atoms with Crippen molar-refractivity contribution in [2.45, 2.75) is 296 Å². The van der Waals surface area contributed by atoms with E-state index in [-0.39, 0.29) is 26.1 Å². The van der Waals surface area contributed by atoms with Gasteiger partial charge in [0.2, 0.25) is 0 Å². The molecular formula is C61H116NO8P. The van der Waals surface area contributed by atoms with Crippen LogP contribution in [-0.2, 0) is 32.7 Å². The Morgan fingerprint density at radius 2 is 0.789 bits per heavy atom. The lowest BCUT2D eigenvalue weighted by atomic mass is 10.0. The van der Waals surface area contributed by atoms with Crippen LogP contribution >= 0.6 is 7.82 Å². The number of unbranched alkanes of at least 4 members (excludes halogenated alkanes) is 36. The van der Waals surface area contributed by atoms with Crippen LogP contribution in [0.2, 0.25) is 0 Å². The second-order valence-corrected chi connectivity index (χ2v) is 23.1. The van der Waals surface area contributed by atoms with Gasteiger partial charge in [-0.3, -0.25) is 14.2 Å². The first-order valence-electron chi connectivity index (χ1n) is 30.2. The van der Waals surface area contributed by atoms with E-state index in [9.17, 15) is 19.0 Å². The molecule has 0 spiro atoms. The van der Waals surface area contributed by atoms with Crippen LogP contribution in [0.15, 0.2) is 36.5 Å². The van der Waals surface area contributed by atoms with E-state index in [1.54, 1.807) is 0 Å². The molecule has 0 radical (unpaired) electrons. The first-order chi connectivity index (χ1) is 34.5. The molecular weight excluding hydrogens is 906 g/mol. The third-order valence-corrected chi connectivity index (χ3v) is 14.3. The van der Waals surface area contributed by atoms with Crippen molar-refractivity contribution in [2.75, 3.05) is 47.5 Å². The summed E-state index contributed by atoms with van der Waals surface area (Å²) in [6, 6.07) is 0. The van der Waals surface area contributed by atoms with Gasteiger partial charge in [-0.05, 0) is 64.2 Å². The monoisotopic (exact) mass is 1020 g/mol. The van der Waals surface area contributed by atoms with E-state index in [1.807, 2.05) is 21.1 Å². The Kier molecular flexibility index (Phi) is 51.7. The van der Waals surface area contributed by atoms with Crippen LogP contribution in [0.1, 0.15) is 290 Å². The maximum absolute atomic E-state index is 12.8. The molecule has 2 atom stereocenters. The van der Waals surface area contributed by atoms with Crippen molar-refractivity contribution < 1.29 is 42.1 Å². The Morgan fingerprint density at radius 3 is 1.18 bits per heavy atom. The number of likely N-dealkylation sites (N-methyl/N-ethyl adjacent to an activating group) is 1. The van der Waals surface area contributed by atoms with Crippen LogP contribution in [0, 0.1) is 0 Å². The zero-order valence-corrected chi connectivity index (χ0v) is 48.3. The zero-order chi connectivity index (χ0) is 52.0. The van der Waals surface area contributed by atoms with Gasteiger partial charge in [0.1, 0.15) is 19.8 Å². The van der Waals surface area contributed by atoms with Gasteiger partial charge in [-0.15, -0.1) is 0 Å². The largest absolute Gasteiger partial charge is 0.756 e. The maximum atomic E-state index is 12.8. The van der Waals surface area contributed by atoms with Gasteiger partial charge < -0.3 is 27.9 Å². The molecule has 0 fully saturated rings. The van der Waals surface area contributed by atoms with Gasteiger partial charge in [-0.25, -0.2) is 0 Å². The molecule has 71 heavy (non-hydrogen) atoms. The quantitative estimate of drug-likeness (QED) is 0.0195. The molecule has 10 heteroatoms. The van der Waals surface area contributed by atoms with Crippen LogP contribution in [-0.4, -0.2) is 70.0 Å². The number of ether oxygens (including phenoxy) is 2. The molecule has 418 valence electrons. The minimum atomic E-state index is -4.63. The lowest BCUT2D eigenvalue weighted by Crippen LogP contribution is -2.37. The Bertz CT molecular complexity index is 1300. The van der Waals surface area contributed by atoms with E-state index < -0.39 is 32.5 Å². The highest BCUT2D eigenvalue weighted by Crippen LogP contribution is 2.38. The highest BCUT2D eigenvalue weighted by atomic mass is 31.2. The van der Waals surface area contributed by atoms with Crippen molar-refractivity contribution in [1.82, 2.24) is 0 Å². The summed E-state index contributed by atoms with van der Waals surface area (Å²) in [5.41, 5.74) is 0. The number of allylic oxidation sites excluding steroid dienone is 6. The molecule has 0 amide bonds. The number of quaternary nitrogens is 1. The highest BCUT2D eigenvalue weighted by molar-refractivity contribution is 7.45. The van der Waals surface area contributed by atoms with E-state index in [1.165, 1.54) is 193 Å². The summed E-state index contributed by atoms with van der Waals surface area (Å²) in [6.07, 6.45) is 65.3. The summed E-state index contributed by atoms with van der Waals surface area (Å²) >= 11 is 0. The summed E-state index contributed by atoms with van der Waals surface area (Å²) in [5.74, 6) is -0.835. The number of carbonyl (C=O) groups is 2. The minimum absolute atomic E-state index is 0.0301. The van der Waals surface area contributed by atoms with Crippen molar-refractivity contribution in [3.8, 4) is 0 Å². The molecule has 0 aromatic carbocycles. The molecule has 0 saturated carbocycles. The van der Waals surface area contributed by atoms with Crippen molar-refractivity contribution in [3.63, 3.8) is 0 Å². The van der Waals surface area contributed by atoms with Crippen LogP contribution in [0.25, 0.3) is 0 Å². The topological polar surface area (TPSA) is 111 Å². The van der Waals surface area contributed by atoms with Gasteiger partial charge >= 0.3 is 11.9 Å². The van der Waals surface area contributed by atoms with E-state index in [0.717, 1.165) is 64.2 Å². The molecule has 0 bridgehead atoms. The molecule has 0 aromatic heterocycles. The zero-order valence-electron chi connectivity index (χ0n) is 47.4. The normalized spacial score (nSPS) is 13.5. The summed E-state index contributed by atoms with van der Waals surface area (Å²) in [5, 5.41) is 0.